The molecule has 0 unspecified atom stereocenters. The number of nitrogens with one attached hydrogen (secondary N) is 1. The number of aromatic nitrogens is 1. The molecule has 1 aliphatic rings. The summed E-state index contributed by atoms with van der Waals surface area (Å²) >= 11 is 0. The molecule has 0 amide bonds. The Hall–Kier alpha value is -2.75. The maximum atomic E-state index is 14.2. The third-order valence-corrected chi connectivity index (χ3v) is 6.50. The molecule has 0 radical (unpaired) electrons. The molecule has 1 aliphatic heterocycles. The van der Waals surface area contributed by atoms with Crippen LogP contribution < -0.4 is 5.32 Å². The van der Waals surface area contributed by atoms with Gasteiger partial charge < -0.3 is 14.5 Å². The van der Waals surface area contributed by atoms with Crippen molar-refractivity contribution in [2.24, 2.45) is 0 Å². The minimum atomic E-state index is -3.95. The fourth-order valence-electron chi connectivity index (χ4n) is 3.21. The van der Waals surface area contributed by atoms with Gasteiger partial charge in [-0.2, -0.15) is 4.98 Å². The zero-order chi connectivity index (χ0) is 21.0. The molecule has 0 spiro atoms. The molecule has 1 fully saturated rings. The van der Waals surface area contributed by atoms with Gasteiger partial charge in [0.1, 0.15) is 5.82 Å². The number of hydrogen-bond acceptors (Lipinski definition) is 7. The molecule has 9 heteroatoms. The van der Waals surface area contributed by atoms with Crippen LogP contribution in [-0.2, 0) is 14.6 Å². The van der Waals surface area contributed by atoms with Crippen molar-refractivity contribution in [1.29, 1.82) is 0 Å². The fourth-order valence-corrected chi connectivity index (χ4v) is 4.51. The van der Waals surface area contributed by atoms with Crippen molar-refractivity contribution in [1.82, 2.24) is 9.88 Å². The highest BCUT2D eigenvalue weighted by atomic mass is 32.2. The summed E-state index contributed by atoms with van der Waals surface area (Å²) in [5.41, 5.74) is 0.100. The van der Waals surface area contributed by atoms with E-state index in [2.05, 4.69) is 15.2 Å². The third kappa shape index (κ3) is 4.38. The first-order valence-corrected chi connectivity index (χ1v) is 11.1. The lowest BCUT2D eigenvalue weighted by Crippen LogP contribution is -2.39. The summed E-state index contributed by atoms with van der Waals surface area (Å²) in [6.45, 7) is 4.11. The molecule has 1 aromatic heterocycles. The Morgan fingerprint density at radius 2 is 1.73 bits per heavy atom. The van der Waals surface area contributed by atoms with Crippen molar-refractivity contribution in [2.75, 3.05) is 44.7 Å². The van der Waals surface area contributed by atoms with Crippen molar-refractivity contribution in [3.05, 3.63) is 60.4 Å². The summed E-state index contributed by atoms with van der Waals surface area (Å²) < 4.78 is 51.6. The van der Waals surface area contributed by atoms with Gasteiger partial charge in [-0.1, -0.05) is 30.3 Å². The number of rotatable bonds is 7. The van der Waals surface area contributed by atoms with Crippen LogP contribution in [0.2, 0.25) is 0 Å². The van der Waals surface area contributed by atoms with E-state index in [-0.39, 0.29) is 27.3 Å². The van der Waals surface area contributed by atoms with E-state index < -0.39 is 15.7 Å². The second kappa shape index (κ2) is 8.95. The first-order valence-electron chi connectivity index (χ1n) is 9.65. The molecule has 0 aliphatic carbocycles. The largest absolute Gasteiger partial charge is 0.419 e. The quantitative estimate of drug-likeness (QED) is 0.615. The lowest BCUT2D eigenvalue weighted by atomic mass is 10.2. The molecular formula is C21H22FN3O4S. The Morgan fingerprint density at radius 3 is 2.47 bits per heavy atom. The van der Waals surface area contributed by atoms with Crippen molar-refractivity contribution in [3.8, 4) is 11.5 Å². The molecular weight excluding hydrogens is 409 g/mol. The number of benzene rings is 2. The van der Waals surface area contributed by atoms with E-state index in [0.717, 1.165) is 13.1 Å². The van der Waals surface area contributed by atoms with Crippen LogP contribution in [0.15, 0.2) is 68.9 Å². The summed E-state index contributed by atoms with van der Waals surface area (Å²) in [5.74, 6) is -0.621. The Morgan fingerprint density at radius 1 is 1.03 bits per heavy atom. The molecule has 0 saturated carbocycles. The number of anilines is 1. The van der Waals surface area contributed by atoms with Crippen LogP contribution in [-0.4, -0.2) is 57.7 Å². The van der Waals surface area contributed by atoms with Crippen molar-refractivity contribution in [3.63, 3.8) is 0 Å². The van der Waals surface area contributed by atoms with Gasteiger partial charge in [0.2, 0.25) is 26.6 Å². The smallest absolute Gasteiger partial charge is 0.233 e. The van der Waals surface area contributed by atoms with Crippen LogP contribution in [0.4, 0.5) is 10.3 Å². The first kappa shape index (κ1) is 20.5. The van der Waals surface area contributed by atoms with Gasteiger partial charge in [0.15, 0.2) is 0 Å². The molecule has 30 heavy (non-hydrogen) atoms. The van der Waals surface area contributed by atoms with E-state index in [4.69, 9.17) is 9.15 Å². The van der Waals surface area contributed by atoms with E-state index in [1.165, 1.54) is 24.3 Å². The Bertz CT molecular complexity index is 1100. The predicted molar refractivity (Wildman–Crippen MR) is 110 cm³/mol. The minimum absolute atomic E-state index is 0.00497. The van der Waals surface area contributed by atoms with E-state index in [1.54, 1.807) is 30.3 Å². The van der Waals surface area contributed by atoms with Crippen LogP contribution in [0, 0.1) is 5.82 Å². The molecule has 2 aromatic carbocycles. The lowest BCUT2D eigenvalue weighted by molar-refractivity contribution is 0.0398. The predicted octanol–water partition coefficient (Wildman–Crippen LogP) is 3.06. The molecule has 2 heterocycles. The standard InChI is InChI=1S/C21H22FN3O4S/c22-18-9-5-4-8-17(18)19-24-21(30(26,27)16-6-2-1-3-7-16)20(29-19)23-10-11-25-12-14-28-15-13-25/h1-9,23H,10-15H2. The highest BCUT2D eigenvalue weighted by molar-refractivity contribution is 7.91. The number of sulfone groups is 1. The van der Waals surface area contributed by atoms with Crippen molar-refractivity contribution >= 4 is 15.7 Å². The van der Waals surface area contributed by atoms with E-state index in [1.807, 2.05) is 0 Å². The molecule has 1 N–H and O–H groups in total. The van der Waals surface area contributed by atoms with Gasteiger partial charge in [-0.25, -0.2) is 12.8 Å². The maximum Gasteiger partial charge on any atom is 0.233 e. The average molecular weight is 431 g/mol. The monoisotopic (exact) mass is 431 g/mol. The second-order valence-electron chi connectivity index (χ2n) is 6.83. The minimum Gasteiger partial charge on any atom is -0.419 e. The summed E-state index contributed by atoms with van der Waals surface area (Å²) in [6.07, 6.45) is 0. The van der Waals surface area contributed by atoms with Gasteiger partial charge in [0, 0.05) is 26.2 Å². The highest BCUT2D eigenvalue weighted by Crippen LogP contribution is 2.33. The van der Waals surface area contributed by atoms with Gasteiger partial charge in [0.25, 0.3) is 0 Å². The lowest BCUT2D eigenvalue weighted by Gasteiger charge is -2.26. The molecule has 0 bridgehead atoms. The van der Waals surface area contributed by atoms with Gasteiger partial charge in [-0.05, 0) is 24.3 Å². The van der Waals surface area contributed by atoms with Gasteiger partial charge in [-0.3, -0.25) is 4.90 Å². The van der Waals surface area contributed by atoms with Crippen LogP contribution in [0.5, 0.6) is 0 Å². The number of halogens is 1. The second-order valence-corrected chi connectivity index (χ2v) is 8.70. The number of nitrogens with zero attached hydrogens (tertiary/aromatic N) is 2. The number of hydrogen-bond donors (Lipinski definition) is 1. The topological polar surface area (TPSA) is 84.7 Å². The average Bonchev–Trinajstić information content (AvgIpc) is 3.20. The van der Waals surface area contributed by atoms with E-state index in [9.17, 15) is 12.8 Å². The van der Waals surface area contributed by atoms with Gasteiger partial charge >= 0.3 is 0 Å². The van der Waals surface area contributed by atoms with Gasteiger partial charge in [-0.15, -0.1) is 0 Å². The Labute approximate surface area is 174 Å². The highest BCUT2D eigenvalue weighted by Gasteiger charge is 2.29. The summed E-state index contributed by atoms with van der Waals surface area (Å²) in [7, 11) is -3.95. The first-order chi connectivity index (χ1) is 14.6. The Kier molecular flexibility index (Phi) is 6.12. The van der Waals surface area contributed by atoms with Crippen molar-refractivity contribution < 1.29 is 22.0 Å². The summed E-state index contributed by atoms with van der Waals surface area (Å²) in [5, 5.41) is 2.78. The normalized spacial score (nSPS) is 15.2. The van der Waals surface area contributed by atoms with Crippen LogP contribution in [0.3, 0.4) is 0 Å². The number of oxazole rings is 1. The summed E-state index contributed by atoms with van der Waals surface area (Å²) in [6, 6.07) is 13.9. The zero-order valence-corrected chi connectivity index (χ0v) is 17.1. The third-order valence-electron chi connectivity index (χ3n) is 4.83. The van der Waals surface area contributed by atoms with Crippen LogP contribution in [0.1, 0.15) is 0 Å². The number of morpholine rings is 1. The molecule has 158 valence electrons. The summed E-state index contributed by atoms with van der Waals surface area (Å²) in [4.78, 5) is 6.46. The molecule has 0 atom stereocenters. The molecule has 7 nitrogen and oxygen atoms in total. The molecule has 1 saturated heterocycles. The number of ether oxygens (including phenoxy) is 1. The fraction of sp³-hybridized carbons (Fsp3) is 0.286. The van der Waals surface area contributed by atoms with Crippen molar-refractivity contribution in [2.45, 2.75) is 9.92 Å². The van der Waals surface area contributed by atoms with E-state index in [0.29, 0.717) is 26.3 Å². The molecule has 3 aromatic rings. The van der Waals surface area contributed by atoms with Gasteiger partial charge in [0.05, 0.1) is 23.7 Å². The Balaban J connectivity index is 1.65. The zero-order valence-electron chi connectivity index (χ0n) is 16.3. The molecule has 4 rings (SSSR count). The van der Waals surface area contributed by atoms with E-state index >= 15 is 0 Å². The maximum absolute atomic E-state index is 14.2. The van der Waals surface area contributed by atoms with Crippen LogP contribution in [0.25, 0.3) is 11.5 Å². The SMILES string of the molecule is O=S(=O)(c1ccccc1)c1nc(-c2ccccc2F)oc1NCCN1CCOCC1. The van der Waals surface area contributed by atoms with Crippen LogP contribution >= 0.6 is 0 Å².